The van der Waals surface area contributed by atoms with Gasteiger partial charge in [-0.05, 0) is 54.6 Å². The van der Waals surface area contributed by atoms with Crippen LogP contribution in [0.5, 0.6) is 0 Å². The lowest BCUT2D eigenvalue weighted by Crippen LogP contribution is -2.20. The van der Waals surface area contributed by atoms with E-state index in [-0.39, 0.29) is 11.5 Å². The zero-order valence-electron chi connectivity index (χ0n) is 13.8. The Labute approximate surface area is 128 Å². The first-order valence-corrected chi connectivity index (χ1v) is 7.59. The van der Waals surface area contributed by atoms with E-state index in [0.29, 0.717) is 0 Å². The number of rotatable bonds is 4. The second-order valence-electron chi connectivity index (χ2n) is 6.75. The molecule has 1 aromatic carbocycles. The maximum atomic E-state index is 4.50. The largest absolute Gasteiger partial charge is 0.311 e. The Balaban J connectivity index is 2.15. The fraction of sp³-hybridized carbons (Fsp3) is 0.421. The molecule has 0 spiro atoms. The van der Waals surface area contributed by atoms with Gasteiger partial charge in [0.05, 0.1) is 11.7 Å². The maximum Gasteiger partial charge on any atom is 0.0579 e. The van der Waals surface area contributed by atoms with Gasteiger partial charge >= 0.3 is 0 Å². The van der Waals surface area contributed by atoms with Crippen LogP contribution in [0.15, 0.2) is 42.6 Å². The summed E-state index contributed by atoms with van der Waals surface area (Å²) in [6, 6.07) is 13.4. The maximum absolute atomic E-state index is 4.50. The molecule has 1 N–H and O–H groups in total. The van der Waals surface area contributed by atoms with Gasteiger partial charge in [-0.1, -0.05) is 45.0 Å². The van der Waals surface area contributed by atoms with Gasteiger partial charge in [0, 0.05) is 6.20 Å². The first-order chi connectivity index (χ1) is 9.90. The molecule has 112 valence electrons. The molecule has 2 heteroatoms. The topological polar surface area (TPSA) is 24.9 Å². The van der Waals surface area contributed by atoms with Crippen LogP contribution in [0.25, 0.3) is 0 Å². The van der Waals surface area contributed by atoms with Gasteiger partial charge in [-0.3, -0.25) is 4.98 Å². The van der Waals surface area contributed by atoms with E-state index in [2.05, 4.69) is 68.3 Å². The average molecular weight is 282 g/mol. The molecule has 0 radical (unpaired) electrons. The number of hydrogen-bond acceptors (Lipinski definition) is 2. The highest BCUT2D eigenvalue weighted by atomic mass is 14.9. The summed E-state index contributed by atoms with van der Waals surface area (Å²) < 4.78 is 0. The normalized spacial score (nSPS) is 13.2. The van der Waals surface area contributed by atoms with E-state index in [1.807, 2.05) is 19.3 Å². The molecule has 2 nitrogen and oxygen atoms in total. The standard InChI is InChI=1S/C19H26N2/c1-14-10-11-21-18(12-14)17(20-5)13-15-6-8-16(9-7-15)19(2,3)4/h6-12,17,20H,13H2,1-5H3. The van der Waals surface area contributed by atoms with E-state index in [1.165, 1.54) is 16.7 Å². The number of hydrogen-bond donors (Lipinski definition) is 1. The van der Waals surface area contributed by atoms with Crippen LogP contribution in [-0.4, -0.2) is 12.0 Å². The predicted molar refractivity (Wildman–Crippen MR) is 89.6 cm³/mol. The Kier molecular flexibility index (Phi) is 4.79. The second-order valence-corrected chi connectivity index (χ2v) is 6.75. The second kappa shape index (κ2) is 6.40. The van der Waals surface area contributed by atoms with E-state index in [9.17, 15) is 0 Å². The fourth-order valence-electron chi connectivity index (χ4n) is 2.48. The minimum atomic E-state index is 0.207. The number of aromatic nitrogens is 1. The van der Waals surface area contributed by atoms with Crippen LogP contribution in [0.4, 0.5) is 0 Å². The molecule has 21 heavy (non-hydrogen) atoms. The molecule has 0 aliphatic carbocycles. The molecule has 0 bridgehead atoms. The molecule has 1 atom stereocenters. The van der Waals surface area contributed by atoms with Crippen LogP contribution < -0.4 is 5.32 Å². The Morgan fingerprint density at radius 3 is 2.29 bits per heavy atom. The molecule has 0 amide bonds. The number of benzene rings is 1. The lowest BCUT2D eigenvalue weighted by molar-refractivity contribution is 0.572. The van der Waals surface area contributed by atoms with Crippen LogP contribution in [0.3, 0.4) is 0 Å². The third-order valence-electron chi connectivity index (χ3n) is 3.90. The minimum Gasteiger partial charge on any atom is -0.311 e. The summed E-state index contributed by atoms with van der Waals surface area (Å²) in [5, 5.41) is 3.38. The molecular weight excluding hydrogens is 256 g/mol. The van der Waals surface area contributed by atoms with Crippen molar-refractivity contribution in [3.63, 3.8) is 0 Å². The highest BCUT2D eigenvalue weighted by molar-refractivity contribution is 5.29. The van der Waals surface area contributed by atoms with Crippen molar-refractivity contribution in [2.45, 2.75) is 45.6 Å². The van der Waals surface area contributed by atoms with Crippen molar-refractivity contribution >= 4 is 0 Å². The zero-order chi connectivity index (χ0) is 15.5. The summed E-state index contributed by atoms with van der Waals surface area (Å²) in [5.41, 5.74) is 5.28. The lowest BCUT2D eigenvalue weighted by Gasteiger charge is -2.20. The number of pyridine rings is 1. The molecular formula is C19H26N2. The van der Waals surface area contributed by atoms with E-state index in [0.717, 1.165) is 12.1 Å². The predicted octanol–water partition coefficient (Wildman–Crippen LogP) is 4.19. The van der Waals surface area contributed by atoms with Gasteiger partial charge < -0.3 is 5.32 Å². The third-order valence-corrected chi connectivity index (χ3v) is 3.90. The van der Waals surface area contributed by atoms with Crippen LogP contribution in [0.1, 0.15) is 49.2 Å². The van der Waals surface area contributed by atoms with Gasteiger partial charge in [-0.2, -0.15) is 0 Å². The Morgan fingerprint density at radius 2 is 1.76 bits per heavy atom. The summed E-state index contributed by atoms with van der Waals surface area (Å²) in [6.45, 7) is 8.84. The van der Waals surface area contributed by atoms with Gasteiger partial charge in [-0.25, -0.2) is 0 Å². The number of nitrogens with one attached hydrogen (secondary N) is 1. The summed E-state index contributed by atoms with van der Waals surface area (Å²) in [7, 11) is 2.00. The summed E-state index contributed by atoms with van der Waals surface area (Å²) in [5.74, 6) is 0. The Hall–Kier alpha value is -1.67. The van der Waals surface area contributed by atoms with Crippen LogP contribution in [0.2, 0.25) is 0 Å². The summed E-state index contributed by atoms with van der Waals surface area (Å²) in [4.78, 5) is 4.50. The molecule has 0 saturated carbocycles. The molecule has 1 heterocycles. The molecule has 1 unspecified atom stereocenters. The van der Waals surface area contributed by atoms with E-state index >= 15 is 0 Å². The van der Waals surface area contributed by atoms with Crippen LogP contribution >= 0.6 is 0 Å². The van der Waals surface area contributed by atoms with E-state index in [4.69, 9.17) is 0 Å². The fourth-order valence-corrected chi connectivity index (χ4v) is 2.48. The Morgan fingerprint density at radius 1 is 1.10 bits per heavy atom. The third kappa shape index (κ3) is 4.15. The number of aryl methyl sites for hydroxylation is 1. The monoisotopic (exact) mass is 282 g/mol. The van der Waals surface area contributed by atoms with Crippen molar-refractivity contribution in [1.82, 2.24) is 10.3 Å². The highest BCUT2D eigenvalue weighted by Crippen LogP contribution is 2.24. The molecule has 0 fully saturated rings. The van der Waals surface area contributed by atoms with Gasteiger partial charge in [0.2, 0.25) is 0 Å². The van der Waals surface area contributed by atoms with Crippen molar-refractivity contribution in [3.8, 4) is 0 Å². The first-order valence-electron chi connectivity index (χ1n) is 7.59. The molecule has 0 saturated heterocycles. The number of nitrogens with zero attached hydrogens (tertiary/aromatic N) is 1. The van der Waals surface area contributed by atoms with Crippen molar-refractivity contribution in [2.24, 2.45) is 0 Å². The molecule has 1 aromatic heterocycles. The SMILES string of the molecule is CNC(Cc1ccc(C(C)(C)C)cc1)c1cc(C)ccn1. The van der Waals surface area contributed by atoms with Crippen molar-refractivity contribution in [3.05, 3.63) is 65.0 Å². The summed E-state index contributed by atoms with van der Waals surface area (Å²) in [6.07, 6.45) is 2.84. The van der Waals surface area contributed by atoms with Gasteiger partial charge in [0.25, 0.3) is 0 Å². The zero-order valence-corrected chi connectivity index (χ0v) is 13.8. The van der Waals surface area contributed by atoms with Gasteiger partial charge in [0.15, 0.2) is 0 Å². The molecule has 2 rings (SSSR count). The molecule has 2 aromatic rings. The molecule has 0 aliphatic heterocycles. The smallest absolute Gasteiger partial charge is 0.0579 e. The van der Waals surface area contributed by atoms with Crippen molar-refractivity contribution in [2.75, 3.05) is 7.05 Å². The van der Waals surface area contributed by atoms with Crippen LogP contribution in [-0.2, 0) is 11.8 Å². The lowest BCUT2D eigenvalue weighted by atomic mass is 9.86. The Bertz CT molecular complexity index is 579. The number of likely N-dealkylation sites (N-methyl/N-ethyl adjacent to an activating group) is 1. The average Bonchev–Trinajstić information content (AvgIpc) is 2.44. The molecule has 0 aliphatic rings. The van der Waals surface area contributed by atoms with Crippen molar-refractivity contribution in [1.29, 1.82) is 0 Å². The van der Waals surface area contributed by atoms with E-state index < -0.39 is 0 Å². The summed E-state index contributed by atoms with van der Waals surface area (Å²) >= 11 is 0. The highest BCUT2D eigenvalue weighted by Gasteiger charge is 2.15. The van der Waals surface area contributed by atoms with Gasteiger partial charge in [0.1, 0.15) is 0 Å². The van der Waals surface area contributed by atoms with Gasteiger partial charge in [-0.15, -0.1) is 0 Å². The first kappa shape index (κ1) is 15.7. The van der Waals surface area contributed by atoms with Crippen molar-refractivity contribution < 1.29 is 0 Å². The van der Waals surface area contributed by atoms with Crippen LogP contribution in [0, 0.1) is 6.92 Å². The van der Waals surface area contributed by atoms with E-state index in [1.54, 1.807) is 0 Å². The minimum absolute atomic E-state index is 0.207. The quantitative estimate of drug-likeness (QED) is 0.909.